The van der Waals surface area contributed by atoms with E-state index in [1.54, 1.807) is 0 Å². The number of carboxylic acids is 1. The largest absolute Gasteiger partial charge is 0.484 e. The van der Waals surface area contributed by atoms with Gasteiger partial charge in [-0.15, -0.1) is 0 Å². The van der Waals surface area contributed by atoms with Crippen LogP contribution in [0.15, 0.2) is 18.2 Å². The van der Waals surface area contributed by atoms with Crippen LogP contribution in [0.5, 0.6) is 5.75 Å². The van der Waals surface area contributed by atoms with Gasteiger partial charge in [0.1, 0.15) is 5.75 Å². The van der Waals surface area contributed by atoms with E-state index in [0.29, 0.717) is 12.8 Å². The second kappa shape index (κ2) is 7.69. The van der Waals surface area contributed by atoms with Crippen LogP contribution < -0.4 is 10.1 Å². The van der Waals surface area contributed by atoms with Crippen LogP contribution in [0.2, 0.25) is 0 Å². The number of rotatable bonds is 5. The van der Waals surface area contributed by atoms with E-state index in [-0.39, 0.29) is 24.5 Å². The minimum absolute atomic E-state index is 0.0116. The maximum atomic E-state index is 12.0. The van der Waals surface area contributed by atoms with Crippen LogP contribution in [0.1, 0.15) is 49.7 Å². The van der Waals surface area contributed by atoms with Crippen molar-refractivity contribution in [3.05, 3.63) is 29.3 Å². The molecule has 1 aromatic carbocycles. The zero-order chi connectivity index (χ0) is 16.9. The first-order valence-corrected chi connectivity index (χ1v) is 8.88. The highest BCUT2D eigenvalue weighted by Gasteiger charge is 2.26. The molecular weight excluding hydrogens is 306 g/mol. The van der Waals surface area contributed by atoms with Crippen molar-refractivity contribution in [1.29, 1.82) is 0 Å². The van der Waals surface area contributed by atoms with Crippen LogP contribution in [0, 0.1) is 5.92 Å². The Kier molecular flexibility index (Phi) is 5.38. The molecule has 0 atom stereocenters. The number of hydrogen-bond donors (Lipinski definition) is 2. The molecule has 0 heterocycles. The van der Waals surface area contributed by atoms with Crippen LogP contribution >= 0.6 is 0 Å². The average molecular weight is 331 g/mol. The third-order valence-corrected chi connectivity index (χ3v) is 5.13. The molecule has 5 nitrogen and oxygen atoms in total. The van der Waals surface area contributed by atoms with Crippen molar-refractivity contribution in [3.8, 4) is 5.75 Å². The molecule has 24 heavy (non-hydrogen) atoms. The maximum Gasteiger partial charge on any atom is 0.306 e. The SMILES string of the molecule is O=C(COc1ccc2c(c1)CCCC2)NC1CCC(C(=O)O)CC1. The number of hydrogen-bond acceptors (Lipinski definition) is 3. The molecule has 0 bridgehead atoms. The molecule has 0 aliphatic heterocycles. The molecule has 1 amide bonds. The van der Waals surface area contributed by atoms with Crippen molar-refractivity contribution < 1.29 is 19.4 Å². The molecule has 2 N–H and O–H groups in total. The number of carbonyl (C=O) groups is 2. The predicted molar refractivity (Wildman–Crippen MR) is 90.1 cm³/mol. The Hall–Kier alpha value is -2.04. The third kappa shape index (κ3) is 4.28. The molecule has 1 aromatic rings. The van der Waals surface area contributed by atoms with Gasteiger partial charge in [-0.3, -0.25) is 9.59 Å². The van der Waals surface area contributed by atoms with Crippen molar-refractivity contribution in [2.75, 3.05) is 6.61 Å². The molecule has 1 fully saturated rings. The fourth-order valence-electron chi connectivity index (χ4n) is 3.70. The van der Waals surface area contributed by atoms with Gasteiger partial charge in [0.25, 0.3) is 5.91 Å². The first-order valence-electron chi connectivity index (χ1n) is 8.88. The van der Waals surface area contributed by atoms with E-state index in [9.17, 15) is 9.59 Å². The zero-order valence-corrected chi connectivity index (χ0v) is 13.9. The second-order valence-electron chi connectivity index (χ2n) is 6.88. The summed E-state index contributed by atoms with van der Waals surface area (Å²) in [6, 6.07) is 6.17. The molecule has 3 rings (SSSR count). The van der Waals surface area contributed by atoms with Crippen molar-refractivity contribution in [1.82, 2.24) is 5.32 Å². The molecule has 1 saturated carbocycles. The van der Waals surface area contributed by atoms with E-state index < -0.39 is 5.97 Å². The Labute approximate surface area is 142 Å². The molecule has 130 valence electrons. The summed E-state index contributed by atoms with van der Waals surface area (Å²) in [5, 5.41) is 11.9. The molecule has 0 aromatic heterocycles. The second-order valence-corrected chi connectivity index (χ2v) is 6.88. The molecule has 0 radical (unpaired) electrons. The van der Waals surface area contributed by atoms with Crippen molar-refractivity contribution in [2.45, 2.75) is 57.4 Å². The molecule has 2 aliphatic rings. The lowest BCUT2D eigenvalue weighted by atomic mass is 9.86. The van der Waals surface area contributed by atoms with Crippen molar-refractivity contribution >= 4 is 11.9 Å². The highest BCUT2D eigenvalue weighted by Crippen LogP contribution is 2.26. The Morgan fingerprint density at radius 1 is 1.08 bits per heavy atom. The van der Waals surface area contributed by atoms with Crippen molar-refractivity contribution in [2.24, 2.45) is 5.92 Å². The summed E-state index contributed by atoms with van der Waals surface area (Å²) in [5.74, 6) is -0.368. The van der Waals surface area contributed by atoms with Crippen LogP contribution in [0.4, 0.5) is 0 Å². The summed E-state index contributed by atoms with van der Waals surface area (Å²) >= 11 is 0. The molecule has 0 unspecified atom stereocenters. The maximum absolute atomic E-state index is 12.0. The fourth-order valence-corrected chi connectivity index (χ4v) is 3.70. The lowest BCUT2D eigenvalue weighted by Crippen LogP contribution is -2.40. The number of nitrogens with one attached hydrogen (secondary N) is 1. The molecule has 0 saturated heterocycles. The number of amides is 1. The lowest BCUT2D eigenvalue weighted by Gasteiger charge is -2.26. The van der Waals surface area contributed by atoms with Gasteiger partial charge >= 0.3 is 5.97 Å². The number of fused-ring (bicyclic) bond motifs is 1. The summed E-state index contributed by atoms with van der Waals surface area (Å²) in [6.45, 7) is 0.0116. The molecule has 2 aliphatic carbocycles. The monoisotopic (exact) mass is 331 g/mol. The third-order valence-electron chi connectivity index (χ3n) is 5.13. The fraction of sp³-hybridized carbons (Fsp3) is 0.579. The van der Waals surface area contributed by atoms with Gasteiger partial charge in [0.2, 0.25) is 0 Å². The van der Waals surface area contributed by atoms with E-state index in [2.05, 4.69) is 17.4 Å². The van der Waals surface area contributed by atoms with Crippen LogP contribution in [-0.2, 0) is 22.4 Å². The summed E-state index contributed by atoms with van der Waals surface area (Å²) in [7, 11) is 0. The molecule has 5 heteroatoms. The first-order chi connectivity index (χ1) is 11.6. The predicted octanol–water partition coefficient (Wildman–Crippen LogP) is 2.70. The van der Waals surface area contributed by atoms with Gasteiger partial charge in [-0.1, -0.05) is 6.07 Å². The number of benzene rings is 1. The van der Waals surface area contributed by atoms with E-state index in [1.807, 2.05) is 6.07 Å². The topological polar surface area (TPSA) is 75.6 Å². The standard InChI is InChI=1S/C19H25NO4/c21-18(20-16-8-5-14(6-9-16)19(22)23)12-24-17-10-7-13-3-1-2-4-15(13)11-17/h7,10-11,14,16H,1-6,8-9,12H2,(H,20,21)(H,22,23). The van der Waals surface area contributed by atoms with Crippen LogP contribution in [-0.4, -0.2) is 29.6 Å². The Morgan fingerprint density at radius 3 is 2.50 bits per heavy atom. The normalized spacial score (nSPS) is 23.2. The minimum Gasteiger partial charge on any atom is -0.484 e. The Morgan fingerprint density at radius 2 is 1.79 bits per heavy atom. The summed E-state index contributed by atoms with van der Waals surface area (Å²) in [4.78, 5) is 23.0. The van der Waals surface area contributed by atoms with Gasteiger partial charge in [0, 0.05) is 6.04 Å². The van der Waals surface area contributed by atoms with Gasteiger partial charge in [-0.2, -0.15) is 0 Å². The molecule has 0 spiro atoms. The van der Waals surface area contributed by atoms with E-state index in [4.69, 9.17) is 9.84 Å². The lowest BCUT2D eigenvalue weighted by molar-refractivity contribution is -0.142. The Balaban J connectivity index is 1.44. The number of aryl methyl sites for hydroxylation is 2. The van der Waals surface area contributed by atoms with Gasteiger partial charge in [0.05, 0.1) is 5.92 Å². The van der Waals surface area contributed by atoms with E-state index in [1.165, 1.54) is 24.0 Å². The summed E-state index contributed by atoms with van der Waals surface area (Å²) in [6.07, 6.45) is 7.40. The van der Waals surface area contributed by atoms with Gasteiger partial charge in [-0.05, 0) is 74.6 Å². The number of carbonyl (C=O) groups excluding carboxylic acids is 1. The van der Waals surface area contributed by atoms with E-state index in [0.717, 1.165) is 31.4 Å². The number of carboxylic acid groups (broad SMARTS) is 1. The quantitative estimate of drug-likeness (QED) is 0.870. The first kappa shape index (κ1) is 16.8. The molecular formula is C19H25NO4. The van der Waals surface area contributed by atoms with E-state index >= 15 is 0 Å². The highest BCUT2D eigenvalue weighted by atomic mass is 16.5. The number of aliphatic carboxylic acids is 1. The van der Waals surface area contributed by atoms with Crippen molar-refractivity contribution in [3.63, 3.8) is 0 Å². The van der Waals surface area contributed by atoms with Crippen LogP contribution in [0.3, 0.4) is 0 Å². The minimum atomic E-state index is -0.726. The Bertz CT molecular complexity index is 605. The number of ether oxygens (including phenoxy) is 1. The van der Waals surface area contributed by atoms with Crippen LogP contribution in [0.25, 0.3) is 0 Å². The smallest absolute Gasteiger partial charge is 0.306 e. The highest BCUT2D eigenvalue weighted by molar-refractivity contribution is 5.78. The van der Waals surface area contributed by atoms with Gasteiger partial charge in [0.15, 0.2) is 6.61 Å². The van der Waals surface area contributed by atoms with Gasteiger partial charge in [-0.25, -0.2) is 0 Å². The van der Waals surface area contributed by atoms with Gasteiger partial charge < -0.3 is 15.2 Å². The average Bonchev–Trinajstić information content (AvgIpc) is 2.60. The summed E-state index contributed by atoms with van der Waals surface area (Å²) < 4.78 is 5.63. The zero-order valence-electron chi connectivity index (χ0n) is 13.9. The summed E-state index contributed by atoms with van der Waals surface area (Å²) in [5.41, 5.74) is 2.74.